The van der Waals surface area contributed by atoms with E-state index in [2.05, 4.69) is 64.6 Å². The number of benzene rings is 1. The van der Waals surface area contributed by atoms with Gasteiger partial charge in [0.1, 0.15) is 0 Å². The van der Waals surface area contributed by atoms with Crippen LogP contribution in [0.4, 0.5) is 0 Å². The molecule has 2 unspecified atom stereocenters. The minimum Gasteiger partial charge on any atom is -0.303 e. The Bertz CT molecular complexity index is 578. The molecule has 0 amide bonds. The number of nitrogens with one attached hydrogen (secondary N) is 1. The number of hydrogen-bond donors (Lipinski definition) is 1. The Morgan fingerprint density at radius 1 is 1.33 bits per heavy atom. The van der Waals surface area contributed by atoms with E-state index in [1.54, 1.807) is 4.88 Å². The van der Waals surface area contributed by atoms with Crippen LogP contribution in [0.15, 0.2) is 40.2 Å². The van der Waals surface area contributed by atoms with Gasteiger partial charge in [-0.3, -0.25) is 0 Å². The Balaban J connectivity index is 1.80. The smallest absolute Gasteiger partial charge is 0.0704 e. The molecule has 3 rings (SSSR count). The fraction of sp³-hybridized carbons (Fsp3) is 0.444. The van der Waals surface area contributed by atoms with Crippen molar-refractivity contribution >= 4 is 27.3 Å². The van der Waals surface area contributed by atoms with Gasteiger partial charge in [0.15, 0.2) is 0 Å². The molecule has 3 heteroatoms. The lowest BCUT2D eigenvalue weighted by Crippen LogP contribution is -2.28. The Kier molecular flexibility index (Phi) is 5.15. The van der Waals surface area contributed by atoms with Crippen molar-refractivity contribution < 1.29 is 0 Å². The first-order chi connectivity index (χ1) is 10.3. The molecular weight excluding hydrogens is 342 g/mol. The number of rotatable bonds is 5. The summed E-state index contributed by atoms with van der Waals surface area (Å²) in [6.07, 6.45) is 6.20. The summed E-state index contributed by atoms with van der Waals surface area (Å²) in [6, 6.07) is 14.2. The fourth-order valence-electron chi connectivity index (χ4n) is 3.26. The molecule has 0 saturated heterocycles. The van der Waals surface area contributed by atoms with E-state index >= 15 is 0 Å². The molecule has 1 aromatic heterocycles. The zero-order chi connectivity index (χ0) is 14.7. The average molecular weight is 364 g/mol. The SMILES string of the molecule is CCCC(NC1CCCc2sc(Br)cc21)c1ccccc1. The van der Waals surface area contributed by atoms with Gasteiger partial charge in [-0.25, -0.2) is 0 Å². The summed E-state index contributed by atoms with van der Waals surface area (Å²) >= 11 is 5.56. The Morgan fingerprint density at radius 2 is 2.14 bits per heavy atom. The van der Waals surface area contributed by atoms with Crippen molar-refractivity contribution in [3.63, 3.8) is 0 Å². The van der Waals surface area contributed by atoms with Gasteiger partial charge in [-0.2, -0.15) is 0 Å². The van der Waals surface area contributed by atoms with Gasteiger partial charge in [0.2, 0.25) is 0 Å². The summed E-state index contributed by atoms with van der Waals surface area (Å²) in [4.78, 5) is 1.56. The van der Waals surface area contributed by atoms with Gasteiger partial charge in [0.05, 0.1) is 3.79 Å². The van der Waals surface area contributed by atoms with Crippen LogP contribution in [0.5, 0.6) is 0 Å². The molecule has 0 saturated carbocycles. The van der Waals surface area contributed by atoms with Gasteiger partial charge in [-0.1, -0.05) is 43.7 Å². The van der Waals surface area contributed by atoms with Crippen LogP contribution in [0.2, 0.25) is 0 Å². The number of aryl methyl sites for hydroxylation is 1. The van der Waals surface area contributed by atoms with Gasteiger partial charge >= 0.3 is 0 Å². The van der Waals surface area contributed by atoms with Crippen LogP contribution >= 0.6 is 27.3 Å². The molecule has 1 aromatic carbocycles. The van der Waals surface area contributed by atoms with Crippen molar-refractivity contribution in [1.29, 1.82) is 0 Å². The minimum atomic E-state index is 0.464. The molecule has 2 atom stereocenters. The van der Waals surface area contributed by atoms with Crippen LogP contribution in [0.1, 0.15) is 60.7 Å². The Labute approximate surface area is 139 Å². The van der Waals surface area contributed by atoms with E-state index in [1.807, 2.05) is 11.3 Å². The van der Waals surface area contributed by atoms with E-state index in [0.29, 0.717) is 12.1 Å². The highest BCUT2D eigenvalue weighted by Crippen LogP contribution is 2.39. The molecule has 112 valence electrons. The maximum absolute atomic E-state index is 3.93. The first kappa shape index (κ1) is 15.3. The van der Waals surface area contributed by atoms with Crippen LogP contribution in [-0.2, 0) is 6.42 Å². The van der Waals surface area contributed by atoms with Crippen molar-refractivity contribution in [2.24, 2.45) is 0 Å². The van der Waals surface area contributed by atoms with Crippen LogP contribution in [0.3, 0.4) is 0 Å². The first-order valence-electron chi connectivity index (χ1n) is 7.87. The zero-order valence-corrected chi connectivity index (χ0v) is 14.8. The summed E-state index contributed by atoms with van der Waals surface area (Å²) in [5.41, 5.74) is 2.94. The Hall–Kier alpha value is -0.640. The zero-order valence-electron chi connectivity index (χ0n) is 12.4. The number of hydrogen-bond acceptors (Lipinski definition) is 2. The van der Waals surface area contributed by atoms with E-state index in [0.717, 1.165) is 0 Å². The minimum absolute atomic E-state index is 0.464. The van der Waals surface area contributed by atoms with Gasteiger partial charge in [-0.15, -0.1) is 11.3 Å². The number of fused-ring (bicyclic) bond motifs is 1. The summed E-state index contributed by atoms with van der Waals surface area (Å²) in [5, 5.41) is 3.93. The second kappa shape index (κ2) is 7.08. The van der Waals surface area contributed by atoms with E-state index in [-0.39, 0.29) is 0 Å². The summed E-state index contributed by atoms with van der Waals surface area (Å²) < 4.78 is 1.27. The Morgan fingerprint density at radius 3 is 2.90 bits per heavy atom. The van der Waals surface area contributed by atoms with Crippen LogP contribution < -0.4 is 5.32 Å². The molecule has 0 bridgehead atoms. The first-order valence-corrected chi connectivity index (χ1v) is 9.48. The molecule has 2 aromatic rings. The molecule has 1 heterocycles. The van der Waals surface area contributed by atoms with Gasteiger partial charge < -0.3 is 5.32 Å². The fourth-order valence-corrected chi connectivity index (χ4v) is 5.08. The molecule has 0 aliphatic heterocycles. The lowest BCUT2D eigenvalue weighted by atomic mass is 9.92. The average Bonchev–Trinajstić information content (AvgIpc) is 2.89. The summed E-state index contributed by atoms with van der Waals surface area (Å²) in [7, 11) is 0. The largest absolute Gasteiger partial charge is 0.303 e. The molecule has 1 nitrogen and oxygen atoms in total. The van der Waals surface area contributed by atoms with Crippen molar-refractivity contribution in [3.05, 3.63) is 56.2 Å². The van der Waals surface area contributed by atoms with E-state index in [9.17, 15) is 0 Å². The molecule has 0 radical (unpaired) electrons. The molecular formula is C18H22BrNS. The molecule has 0 spiro atoms. The van der Waals surface area contributed by atoms with Crippen molar-refractivity contribution in [1.82, 2.24) is 5.32 Å². The van der Waals surface area contributed by atoms with Crippen LogP contribution in [0.25, 0.3) is 0 Å². The highest BCUT2D eigenvalue weighted by Gasteiger charge is 2.25. The van der Waals surface area contributed by atoms with E-state index in [4.69, 9.17) is 0 Å². The van der Waals surface area contributed by atoms with Gasteiger partial charge in [0, 0.05) is 17.0 Å². The van der Waals surface area contributed by atoms with Crippen molar-refractivity contribution in [2.45, 2.75) is 51.1 Å². The van der Waals surface area contributed by atoms with E-state index in [1.165, 1.54) is 47.0 Å². The van der Waals surface area contributed by atoms with Crippen LogP contribution in [0, 0.1) is 0 Å². The third-order valence-corrected chi connectivity index (χ3v) is 5.98. The second-order valence-corrected chi connectivity index (χ2v) is 8.31. The van der Waals surface area contributed by atoms with Gasteiger partial charge in [-0.05, 0) is 58.8 Å². The number of halogens is 1. The number of thiophene rings is 1. The monoisotopic (exact) mass is 363 g/mol. The maximum Gasteiger partial charge on any atom is 0.0704 e. The predicted molar refractivity (Wildman–Crippen MR) is 94.9 cm³/mol. The normalized spacial score (nSPS) is 19.2. The maximum atomic E-state index is 3.93. The quantitative estimate of drug-likeness (QED) is 0.684. The van der Waals surface area contributed by atoms with E-state index < -0.39 is 0 Å². The topological polar surface area (TPSA) is 12.0 Å². The molecule has 0 fully saturated rings. The third-order valence-electron chi connectivity index (χ3n) is 4.27. The molecule has 21 heavy (non-hydrogen) atoms. The second-order valence-electron chi connectivity index (χ2n) is 5.79. The summed E-state index contributed by atoms with van der Waals surface area (Å²) in [5.74, 6) is 0. The standard InChI is InChI=1S/C18H22BrNS/c1-2-7-15(13-8-4-3-5-9-13)20-16-10-6-11-17-14(16)12-18(19)21-17/h3-5,8-9,12,15-16,20H,2,6-7,10-11H2,1H3. The summed E-state index contributed by atoms with van der Waals surface area (Å²) in [6.45, 7) is 2.27. The molecule has 1 aliphatic carbocycles. The highest BCUT2D eigenvalue weighted by molar-refractivity contribution is 9.11. The molecule has 1 N–H and O–H groups in total. The van der Waals surface area contributed by atoms with Crippen LogP contribution in [-0.4, -0.2) is 0 Å². The van der Waals surface area contributed by atoms with Crippen molar-refractivity contribution in [2.75, 3.05) is 0 Å². The lowest BCUT2D eigenvalue weighted by molar-refractivity contribution is 0.386. The van der Waals surface area contributed by atoms with Crippen molar-refractivity contribution in [3.8, 4) is 0 Å². The predicted octanol–water partition coefficient (Wildman–Crippen LogP) is 6.02. The van der Waals surface area contributed by atoms with Gasteiger partial charge in [0.25, 0.3) is 0 Å². The highest BCUT2D eigenvalue weighted by atomic mass is 79.9. The molecule has 1 aliphatic rings. The third kappa shape index (κ3) is 3.58. The lowest BCUT2D eigenvalue weighted by Gasteiger charge is -2.29.